The lowest BCUT2D eigenvalue weighted by Gasteiger charge is -2.08. The van der Waals surface area contributed by atoms with Gasteiger partial charge in [-0.1, -0.05) is 12.1 Å². The topological polar surface area (TPSA) is 24.9 Å². The van der Waals surface area contributed by atoms with Crippen LogP contribution in [0.1, 0.15) is 5.56 Å². The molecule has 0 bridgehead atoms. The monoisotopic (exact) mass is 234 g/mol. The van der Waals surface area contributed by atoms with E-state index < -0.39 is 11.6 Å². The molecule has 2 nitrogen and oxygen atoms in total. The number of nitrogens with one attached hydrogen (secondary N) is 1. The molecule has 0 atom stereocenters. The smallest absolute Gasteiger partial charge is 0.166 e. The van der Waals surface area contributed by atoms with Gasteiger partial charge in [-0.3, -0.25) is 0 Å². The molecular formula is C13H12F2N2. The van der Waals surface area contributed by atoms with Gasteiger partial charge in [0.05, 0.1) is 0 Å². The zero-order chi connectivity index (χ0) is 12.4. The lowest BCUT2D eigenvalue weighted by Crippen LogP contribution is -1.97. The molecule has 0 saturated heterocycles. The minimum atomic E-state index is -0.849. The van der Waals surface area contributed by atoms with E-state index in [9.17, 15) is 8.78 Å². The van der Waals surface area contributed by atoms with E-state index in [2.05, 4.69) is 10.3 Å². The highest BCUT2D eigenvalue weighted by atomic mass is 19.2. The van der Waals surface area contributed by atoms with Crippen molar-refractivity contribution >= 4 is 5.82 Å². The first-order chi connectivity index (χ1) is 8.13. The van der Waals surface area contributed by atoms with Gasteiger partial charge in [-0.2, -0.15) is 0 Å². The molecule has 1 aromatic carbocycles. The molecule has 88 valence electrons. The highest BCUT2D eigenvalue weighted by Crippen LogP contribution is 2.26. The van der Waals surface area contributed by atoms with Crippen LogP contribution in [0.4, 0.5) is 14.6 Å². The number of aryl methyl sites for hydroxylation is 1. The van der Waals surface area contributed by atoms with Crippen LogP contribution in [0.15, 0.2) is 30.5 Å². The number of hydrogen-bond acceptors (Lipinski definition) is 2. The van der Waals surface area contributed by atoms with Crippen molar-refractivity contribution in [2.45, 2.75) is 6.92 Å². The van der Waals surface area contributed by atoms with Crippen LogP contribution in [0.25, 0.3) is 11.1 Å². The summed E-state index contributed by atoms with van der Waals surface area (Å²) in [5.74, 6) is -0.964. The Labute approximate surface area is 98.3 Å². The van der Waals surface area contributed by atoms with E-state index in [0.29, 0.717) is 5.56 Å². The third-order valence-electron chi connectivity index (χ3n) is 2.58. The SMILES string of the molecule is CNc1ncc(-c2cccc(F)c2F)cc1C. The first-order valence-corrected chi connectivity index (χ1v) is 5.22. The van der Waals surface area contributed by atoms with Crippen LogP contribution in [0.5, 0.6) is 0 Å². The summed E-state index contributed by atoms with van der Waals surface area (Å²) in [4.78, 5) is 4.14. The van der Waals surface area contributed by atoms with E-state index in [-0.39, 0.29) is 5.56 Å². The number of nitrogens with zero attached hydrogens (tertiary/aromatic N) is 1. The predicted octanol–water partition coefficient (Wildman–Crippen LogP) is 3.38. The van der Waals surface area contributed by atoms with Crippen molar-refractivity contribution in [1.82, 2.24) is 4.98 Å². The Morgan fingerprint density at radius 3 is 2.65 bits per heavy atom. The zero-order valence-electron chi connectivity index (χ0n) is 9.59. The minimum absolute atomic E-state index is 0.225. The number of aromatic nitrogens is 1. The summed E-state index contributed by atoms with van der Waals surface area (Å²) in [7, 11) is 1.76. The quantitative estimate of drug-likeness (QED) is 0.861. The summed E-state index contributed by atoms with van der Waals surface area (Å²) in [5.41, 5.74) is 1.68. The van der Waals surface area contributed by atoms with E-state index in [1.807, 2.05) is 6.92 Å². The normalized spacial score (nSPS) is 10.4. The maximum Gasteiger partial charge on any atom is 0.166 e. The number of anilines is 1. The van der Waals surface area contributed by atoms with Crippen molar-refractivity contribution in [2.75, 3.05) is 12.4 Å². The Balaban J connectivity index is 2.54. The van der Waals surface area contributed by atoms with Gasteiger partial charge < -0.3 is 5.32 Å². The Hall–Kier alpha value is -1.97. The second-order valence-corrected chi connectivity index (χ2v) is 3.74. The summed E-state index contributed by atoms with van der Waals surface area (Å²) in [5, 5.41) is 2.92. The van der Waals surface area contributed by atoms with Crippen LogP contribution in [-0.2, 0) is 0 Å². The fraction of sp³-hybridized carbons (Fsp3) is 0.154. The van der Waals surface area contributed by atoms with E-state index in [1.165, 1.54) is 18.3 Å². The van der Waals surface area contributed by atoms with E-state index in [1.54, 1.807) is 13.1 Å². The number of benzene rings is 1. The van der Waals surface area contributed by atoms with Crippen LogP contribution in [0, 0.1) is 18.6 Å². The predicted molar refractivity (Wildman–Crippen MR) is 63.9 cm³/mol. The number of rotatable bonds is 2. The molecule has 2 rings (SSSR count). The van der Waals surface area contributed by atoms with Gasteiger partial charge in [0.25, 0.3) is 0 Å². The second kappa shape index (κ2) is 4.49. The molecule has 0 aliphatic rings. The lowest BCUT2D eigenvalue weighted by atomic mass is 10.1. The average molecular weight is 234 g/mol. The fourth-order valence-corrected chi connectivity index (χ4v) is 1.71. The molecule has 17 heavy (non-hydrogen) atoms. The van der Waals surface area contributed by atoms with Crippen LogP contribution >= 0.6 is 0 Å². The van der Waals surface area contributed by atoms with Gasteiger partial charge in [-0.25, -0.2) is 13.8 Å². The molecule has 4 heteroatoms. The molecule has 0 amide bonds. The molecule has 0 spiro atoms. The third-order valence-corrected chi connectivity index (χ3v) is 2.58. The van der Waals surface area contributed by atoms with Crippen molar-refractivity contribution in [3.05, 3.63) is 47.7 Å². The molecule has 0 fully saturated rings. The lowest BCUT2D eigenvalue weighted by molar-refractivity contribution is 0.511. The van der Waals surface area contributed by atoms with Crippen LogP contribution in [-0.4, -0.2) is 12.0 Å². The highest BCUT2D eigenvalue weighted by molar-refractivity contribution is 5.66. The Morgan fingerprint density at radius 2 is 2.00 bits per heavy atom. The molecule has 1 heterocycles. The number of pyridine rings is 1. The second-order valence-electron chi connectivity index (χ2n) is 3.74. The average Bonchev–Trinajstić information content (AvgIpc) is 2.32. The van der Waals surface area contributed by atoms with Gasteiger partial charge in [0, 0.05) is 24.4 Å². The van der Waals surface area contributed by atoms with Gasteiger partial charge in [0.2, 0.25) is 0 Å². The van der Waals surface area contributed by atoms with Crippen LogP contribution in [0.2, 0.25) is 0 Å². The van der Waals surface area contributed by atoms with Gasteiger partial charge in [-0.15, -0.1) is 0 Å². The molecule has 0 aliphatic heterocycles. The maximum absolute atomic E-state index is 13.6. The van der Waals surface area contributed by atoms with Gasteiger partial charge in [0.15, 0.2) is 11.6 Å². The van der Waals surface area contributed by atoms with Crippen molar-refractivity contribution < 1.29 is 8.78 Å². The molecule has 1 N–H and O–H groups in total. The molecule has 2 aromatic rings. The molecule has 0 unspecified atom stereocenters. The van der Waals surface area contributed by atoms with Crippen LogP contribution < -0.4 is 5.32 Å². The van der Waals surface area contributed by atoms with Crippen LogP contribution in [0.3, 0.4) is 0 Å². The Morgan fingerprint density at radius 1 is 1.24 bits per heavy atom. The Bertz CT molecular complexity index is 553. The summed E-state index contributed by atoms with van der Waals surface area (Å²) in [6, 6.07) is 5.89. The molecule has 0 radical (unpaired) electrons. The Kier molecular flexibility index (Phi) is 3.04. The number of halogens is 2. The fourth-order valence-electron chi connectivity index (χ4n) is 1.71. The van der Waals surface area contributed by atoms with Gasteiger partial charge in [-0.05, 0) is 24.6 Å². The first-order valence-electron chi connectivity index (χ1n) is 5.22. The van der Waals surface area contributed by atoms with Crippen molar-refractivity contribution in [1.29, 1.82) is 0 Å². The summed E-state index contributed by atoms with van der Waals surface area (Å²) >= 11 is 0. The molecule has 0 aliphatic carbocycles. The van der Waals surface area contributed by atoms with Gasteiger partial charge >= 0.3 is 0 Å². The number of hydrogen-bond donors (Lipinski definition) is 1. The van der Waals surface area contributed by atoms with Crippen molar-refractivity contribution in [3.8, 4) is 11.1 Å². The van der Waals surface area contributed by atoms with Gasteiger partial charge in [0.1, 0.15) is 5.82 Å². The third kappa shape index (κ3) is 2.11. The summed E-state index contributed by atoms with van der Waals surface area (Å²) in [6.07, 6.45) is 1.52. The standard InChI is InChI=1S/C13H12F2N2/c1-8-6-9(7-17-13(8)16-2)10-4-3-5-11(14)12(10)15/h3-7H,1-2H3,(H,16,17). The summed E-state index contributed by atoms with van der Waals surface area (Å²) < 4.78 is 26.7. The molecular weight excluding hydrogens is 222 g/mol. The first kappa shape index (κ1) is 11.5. The van der Waals surface area contributed by atoms with E-state index >= 15 is 0 Å². The van der Waals surface area contributed by atoms with E-state index in [0.717, 1.165) is 17.4 Å². The van der Waals surface area contributed by atoms with E-state index in [4.69, 9.17) is 0 Å². The molecule has 0 saturated carbocycles. The minimum Gasteiger partial charge on any atom is -0.373 e. The maximum atomic E-state index is 13.6. The van der Waals surface area contributed by atoms with Crippen molar-refractivity contribution in [3.63, 3.8) is 0 Å². The van der Waals surface area contributed by atoms with Crippen molar-refractivity contribution in [2.24, 2.45) is 0 Å². The molecule has 1 aromatic heterocycles. The zero-order valence-corrected chi connectivity index (χ0v) is 9.59. The summed E-state index contributed by atoms with van der Waals surface area (Å²) in [6.45, 7) is 1.86. The largest absolute Gasteiger partial charge is 0.373 e. The highest BCUT2D eigenvalue weighted by Gasteiger charge is 2.10.